The Labute approximate surface area is 80.5 Å². The summed E-state index contributed by atoms with van der Waals surface area (Å²) in [7, 11) is 1.42. The van der Waals surface area contributed by atoms with Crippen LogP contribution >= 0.6 is 31.9 Å². The first kappa shape index (κ1) is 8.80. The number of hydrogen-bond acceptors (Lipinski definition) is 3. The Kier molecular flexibility index (Phi) is 2.72. The molecule has 0 unspecified atom stereocenters. The van der Waals surface area contributed by atoms with Crippen molar-refractivity contribution in [3.05, 3.63) is 21.0 Å². The number of ether oxygens (including phenoxy) is 1. The summed E-state index contributed by atoms with van der Waals surface area (Å²) >= 11 is 6.37. The van der Waals surface area contributed by atoms with Crippen LogP contribution in [0.25, 0.3) is 0 Å². The number of halogens is 2. The summed E-state index contributed by atoms with van der Waals surface area (Å²) < 4.78 is 11.1. The van der Waals surface area contributed by atoms with E-state index in [-0.39, 0.29) is 5.90 Å². The van der Waals surface area contributed by atoms with Crippen LogP contribution in [0.1, 0.15) is 5.76 Å². The van der Waals surface area contributed by atoms with Gasteiger partial charge in [0, 0.05) is 6.07 Å². The highest BCUT2D eigenvalue weighted by Gasteiger charge is 2.10. The lowest BCUT2D eigenvalue weighted by molar-refractivity contribution is 0.382. The molecule has 1 aromatic rings. The molecule has 1 N–H and O–H groups in total. The molecule has 3 nitrogen and oxygen atoms in total. The maximum atomic E-state index is 7.23. The summed E-state index contributed by atoms with van der Waals surface area (Å²) in [4.78, 5) is 0. The first-order chi connectivity index (χ1) is 5.15. The standard InChI is InChI=1S/C6H5Br2NO2/c1-10-6(9)4-2-3(7)5(8)11-4/h2,9H,1H3. The molecule has 0 aromatic carbocycles. The number of nitrogens with one attached hydrogen (secondary N) is 1. The van der Waals surface area contributed by atoms with E-state index in [1.807, 2.05) is 0 Å². The maximum absolute atomic E-state index is 7.23. The Bertz CT molecular complexity index is 263. The van der Waals surface area contributed by atoms with Crippen LogP contribution in [0.3, 0.4) is 0 Å². The third-order valence-electron chi connectivity index (χ3n) is 1.07. The van der Waals surface area contributed by atoms with E-state index in [4.69, 9.17) is 9.83 Å². The highest BCUT2D eigenvalue weighted by atomic mass is 79.9. The molecule has 0 saturated carbocycles. The summed E-state index contributed by atoms with van der Waals surface area (Å²) in [5.41, 5.74) is 0. The molecule has 0 amide bonds. The number of furan rings is 1. The summed E-state index contributed by atoms with van der Waals surface area (Å²) in [6.45, 7) is 0. The van der Waals surface area contributed by atoms with Crippen LogP contribution in [0.2, 0.25) is 0 Å². The SMILES string of the molecule is COC(=N)c1cc(Br)c(Br)o1. The van der Waals surface area contributed by atoms with Gasteiger partial charge in [-0.2, -0.15) is 0 Å². The minimum absolute atomic E-state index is 0.0106. The van der Waals surface area contributed by atoms with Crippen molar-refractivity contribution in [1.82, 2.24) is 0 Å². The van der Waals surface area contributed by atoms with E-state index >= 15 is 0 Å². The molecule has 0 aliphatic heterocycles. The van der Waals surface area contributed by atoms with Crippen molar-refractivity contribution in [2.75, 3.05) is 7.11 Å². The molecule has 11 heavy (non-hydrogen) atoms. The fourth-order valence-corrected chi connectivity index (χ4v) is 1.14. The highest BCUT2D eigenvalue weighted by molar-refractivity contribution is 9.13. The molecule has 0 spiro atoms. The van der Waals surface area contributed by atoms with E-state index in [1.54, 1.807) is 6.07 Å². The van der Waals surface area contributed by atoms with Crippen molar-refractivity contribution in [1.29, 1.82) is 5.41 Å². The Morgan fingerprint density at radius 2 is 2.27 bits per heavy atom. The predicted molar refractivity (Wildman–Crippen MR) is 47.9 cm³/mol. The minimum atomic E-state index is 0.0106. The fraction of sp³-hybridized carbons (Fsp3) is 0.167. The third kappa shape index (κ3) is 1.84. The van der Waals surface area contributed by atoms with Crippen molar-refractivity contribution in [3.63, 3.8) is 0 Å². The van der Waals surface area contributed by atoms with Gasteiger partial charge in [-0.15, -0.1) is 0 Å². The Morgan fingerprint density at radius 3 is 2.64 bits per heavy atom. The van der Waals surface area contributed by atoms with Gasteiger partial charge in [0.25, 0.3) is 0 Å². The van der Waals surface area contributed by atoms with Crippen molar-refractivity contribution < 1.29 is 9.15 Å². The second-order valence-corrected chi connectivity index (χ2v) is 3.34. The van der Waals surface area contributed by atoms with Gasteiger partial charge in [-0.1, -0.05) is 0 Å². The van der Waals surface area contributed by atoms with Gasteiger partial charge in [-0.25, -0.2) is 0 Å². The molecule has 60 valence electrons. The average Bonchev–Trinajstić information content (AvgIpc) is 2.31. The summed E-state index contributed by atoms with van der Waals surface area (Å²) in [6.07, 6.45) is 0. The quantitative estimate of drug-likeness (QED) is 0.636. The van der Waals surface area contributed by atoms with E-state index in [1.165, 1.54) is 7.11 Å². The molecule has 0 bridgehead atoms. The van der Waals surface area contributed by atoms with Crippen molar-refractivity contribution >= 4 is 37.8 Å². The normalized spacial score (nSPS) is 9.73. The molecule has 0 atom stereocenters. The Morgan fingerprint density at radius 1 is 1.64 bits per heavy atom. The smallest absolute Gasteiger partial charge is 0.249 e. The molecule has 0 saturated heterocycles. The van der Waals surface area contributed by atoms with Gasteiger partial charge in [0.2, 0.25) is 5.90 Å². The van der Waals surface area contributed by atoms with Crippen molar-refractivity contribution in [2.24, 2.45) is 0 Å². The molecule has 1 heterocycles. The van der Waals surface area contributed by atoms with E-state index < -0.39 is 0 Å². The molecule has 0 aliphatic rings. The van der Waals surface area contributed by atoms with Gasteiger partial charge in [0.15, 0.2) is 10.4 Å². The third-order valence-corrected chi connectivity index (χ3v) is 2.78. The topological polar surface area (TPSA) is 46.2 Å². The van der Waals surface area contributed by atoms with E-state index in [2.05, 4.69) is 36.6 Å². The molecule has 0 fully saturated rings. The number of hydrogen-bond donors (Lipinski definition) is 1. The molecular formula is C6H5Br2NO2. The van der Waals surface area contributed by atoms with Crippen LogP contribution in [-0.2, 0) is 4.74 Å². The molecular weight excluding hydrogens is 278 g/mol. The van der Waals surface area contributed by atoms with E-state index in [0.29, 0.717) is 10.4 Å². The van der Waals surface area contributed by atoms with Gasteiger partial charge in [-0.3, -0.25) is 5.41 Å². The lowest BCUT2D eigenvalue weighted by atomic mass is 10.4. The second kappa shape index (κ2) is 3.40. The zero-order valence-corrected chi connectivity index (χ0v) is 8.82. The molecule has 5 heteroatoms. The molecule has 0 aliphatic carbocycles. The van der Waals surface area contributed by atoms with Crippen LogP contribution in [0.5, 0.6) is 0 Å². The Balaban J connectivity index is 2.97. The minimum Gasteiger partial charge on any atom is -0.479 e. The first-order valence-electron chi connectivity index (χ1n) is 2.73. The zero-order valence-electron chi connectivity index (χ0n) is 5.65. The van der Waals surface area contributed by atoms with E-state index in [0.717, 1.165) is 4.47 Å². The van der Waals surface area contributed by atoms with Gasteiger partial charge >= 0.3 is 0 Å². The molecule has 1 rings (SSSR count). The van der Waals surface area contributed by atoms with Crippen LogP contribution in [-0.4, -0.2) is 13.0 Å². The van der Waals surface area contributed by atoms with Gasteiger partial charge in [0.1, 0.15) is 0 Å². The maximum Gasteiger partial charge on any atom is 0.249 e. The van der Waals surface area contributed by atoms with Crippen LogP contribution in [0.4, 0.5) is 0 Å². The second-order valence-electron chi connectivity index (χ2n) is 1.77. The monoisotopic (exact) mass is 281 g/mol. The summed E-state index contributed by atoms with van der Waals surface area (Å²) in [5, 5.41) is 7.23. The van der Waals surface area contributed by atoms with E-state index in [9.17, 15) is 0 Å². The molecule has 0 radical (unpaired) electrons. The lowest BCUT2D eigenvalue weighted by Crippen LogP contribution is -1.98. The van der Waals surface area contributed by atoms with Crippen LogP contribution in [0, 0.1) is 5.41 Å². The average molecular weight is 283 g/mol. The Hall–Kier alpha value is -0.290. The molecule has 1 aromatic heterocycles. The first-order valence-corrected chi connectivity index (χ1v) is 4.31. The van der Waals surface area contributed by atoms with Crippen LogP contribution in [0.15, 0.2) is 19.6 Å². The number of methoxy groups -OCH3 is 1. The van der Waals surface area contributed by atoms with Crippen molar-refractivity contribution in [3.8, 4) is 0 Å². The largest absolute Gasteiger partial charge is 0.479 e. The lowest BCUT2D eigenvalue weighted by Gasteiger charge is -1.94. The summed E-state index contributed by atoms with van der Waals surface area (Å²) in [5.74, 6) is 0.405. The predicted octanol–water partition coefficient (Wildman–Crippen LogP) is 2.78. The van der Waals surface area contributed by atoms with Gasteiger partial charge in [-0.05, 0) is 31.9 Å². The zero-order chi connectivity index (χ0) is 8.43. The highest BCUT2D eigenvalue weighted by Crippen LogP contribution is 2.26. The van der Waals surface area contributed by atoms with Gasteiger partial charge in [0.05, 0.1) is 11.6 Å². The summed E-state index contributed by atoms with van der Waals surface area (Å²) in [6, 6.07) is 1.66. The van der Waals surface area contributed by atoms with Crippen LogP contribution < -0.4 is 0 Å². The van der Waals surface area contributed by atoms with Crippen molar-refractivity contribution in [2.45, 2.75) is 0 Å². The van der Waals surface area contributed by atoms with Gasteiger partial charge < -0.3 is 9.15 Å². The fourth-order valence-electron chi connectivity index (χ4n) is 0.559. The number of rotatable bonds is 1.